The highest BCUT2D eigenvalue weighted by Gasteiger charge is 2.26. The van der Waals surface area contributed by atoms with Gasteiger partial charge in [0.05, 0.1) is 6.54 Å². The van der Waals surface area contributed by atoms with Crippen LogP contribution < -0.4 is 5.73 Å². The number of thiazole rings is 1. The molecule has 0 radical (unpaired) electrons. The maximum absolute atomic E-state index is 12.5. The molecule has 0 atom stereocenters. The largest absolute Gasteiger partial charge is 0.342 e. The monoisotopic (exact) mass is 365 g/mol. The van der Waals surface area contributed by atoms with Gasteiger partial charge < -0.3 is 15.5 Å². The van der Waals surface area contributed by atoms with Crippen molar-refractivity contribution in [2.24, 2.45) is 5.73 Å². The van der Waals surface area contributed by atoms with Crippen molar-refractivity contribution in [1.82, 2.24) is 19.7 Å². The molecule has 2 amide bonds. The summed E-state index contributed by atoms with van der Waals surface area (Å²) in [5.41, 5.74) is 6.04. The van der Waals surface area contributed by atoms with Crippen LogP contribution in [-0.2, 0) is 11.3 Å². The summed E-state index contributed by atoms with van der Waals surface area (Å²) in [5, 5.41) is 2.56. The van der Waals surface area contributed by atoms with Crippen LogP contribution in [0, 0.1) is 0 Å². The van der Waals surface area contributed by atoms with Crippen molar-refractivity contribution in [3.8, 4) is 0 Å². The minimum atomic E-state index is -0.0329. The molecule has 0 aliphatic carbocycles. The lowest BCUT2D eigenvalue weighted by Crippen LogP contribution is -2.51. The van der Waals surface area contributed by atoms with Crippen molar-refractivity contribution >= 4 is 23.2 Å². The molecule has 1 aromatic rings. The average molecular weight is 366 g/mol. The highest BCUT2D eigenvalue weighted by molar-refractivity contribution is 7.09. The van der Waals surface area contributed by atoms with Crippen LogP contribution in [0.2, 0.25) is 0 Å². The molecule has 0 spiro atoms. The van der Waals surface area contributed by atoms with E-state index < -0.39 is 0 Å². The van der Waals surface area contributed by atoms with Gasteiger partial charge in [-0.15, -0.1) is 11.3 Å². The van der Waals surface area contributed by atoms with Crippen LogP contribution in [0.1, 0.15) is 41.2 Å². The SMILES string of the molecule is NCc1nc(C(=O)N2CCN(CC(=O)N3CCCCCC3)CC2)cs1. The fraction of sp³-hybridized carbons (Fsp3) is 0.706. The molecule has 1 aromatic heterocycles. The topological polar surface area (TPSA) is 82.8 Å². The Labute approximate surface area is 152 Å². The van der Waals surface area contributed by atoms with Crippen LogP contribution in [0.3, 0.4) is 0 Å². The van der Waals surface area contributed by atoms with Crippen molar-refractivity contribution in [1.29, 1.82) is 0 Å². The van der Waals surface area contributed by atoms with E-state index in [2.05, 4.69) is 9.88 Å². The fourth-order valence-electron chi connectivity index (χ4n) is 3.39. The Kier molecular flexibility index (Phi) is 6.39. The summed E-state index contributed by atoms with van der Waals surface area (Å²) >= 11 is 1.42. The van der Waals surface area contributed by atoms with E-state index in [1.54, 1.807) is 5.38 Å². The first kappa shape index (κ1) is 18.3. The number of likely N-dealkylation sites (tertiary alicyclic amines) is 1. The first-order chi connectivity index (χ1) is 12.2. The van der Waals surface area contributed by atoms with E-state index in [1.165, 1.54) is 24.2 Å². The number of nitrogens with two attached hydrogens (primary N) is 1. The van der Waals surface area contributed by atoms with Gasteiger partial charge in [-0.3, -0.25) is 14.5 Å². The standard InChI is InChI=1S/C17H27N5O2S/c18-11-15-19-14(13-25-15)17(24)22-9-7-20(8-10-22)12-16(23)21-5-3-1-2-4-6-21/h13H,1-12,18H2. The lowest BCUT2D eigenvalue weighted by atomic mass is 10.2. The first-order valence-electron chi connectivity index (χ1n) is 9.11. The summed E-state index contributed by atoms with van der Waals surface area (Å²) in [6.07, 6.45) is 4.69. The van der Waals surface area contributed by atoms with E-state index in [9.17, 15) is 9.59 Å². The highest BCUT2D eigenvalue weighted by atomic mass is 32.1. The molecule has 2 fully saturated rings. The number of rotatable bonds is 4. The summed E-state index contributed by atoms with van der Waals surface area (Å²) in [6, 6.07) is 0. The minimum Gasteiger partial charge on any atom is -0.342 e. The summed E-state index contributed by atoms with van der Waals surface area (Å²) in [5.74, 6) is 0.197. The number of carbonyl (C=O) groups is 2. The van der Waals surface area contributed by atoms with Crippen LogP contribution >= 0.6 is 11.3 Å². The molecule has 3 rings (SSSR count). The summed E-state index contributed by atoms with van der Waals surface area (Å²) < 4.78 is 0. The van der Waals surface area contributed by atoms with Gasteiger partial charge in [0.15, 0.2) is 0 Å². The van der Waals surface area contributed by atoms with E-state index in [-0.39, 0.29) is 11.8 Å². The molecule has 2 aliphatic heterocycles. The Morgan fingerprint density at radius 1 is 1.00 bits per heavy atom. The normalized spacial score (nSPS) is 19.7. The van der Waals surface area contributed by atoms with Crippen molar-refractivity contribution in [2.75, 3.05) is 45.8 Å². The fourth-order valence-corrected chi connectivity index (χ4v) is 4.03. The third-order valence-electron chi connectivity index (χ3n) is 4.92. The molecular weight excluding hydrogens is 338 g/mol. The molecule has 25 heavy (non-hydrogen) atoms. The van der Waals surface area contributed by atoms with Gasteiger partial charge in [-0.25, -0.2) is 4.98 Å². The molecule has 138 valence electrons. The van der Waals surface area contributed by atoms with Crippen LogP contribution in [0.5, 0.6) is 0 Å². The number of aromatic nitrogens is 1. The lowest BCUT2D eigenvalue weighted by molar-refractivity contribution is -0.132. The Balaban J connectivity index is 1.46. The van der Waals surface area contributed by atoms with Crippen molar-refractivity contribution in [3.63, 3.8) is 0 Å². The van der Waals surface area contributed by atoms with Gasteiger partial charge in [-0.1, -0.05) is 12.8 Å². The second kappa shape index (κ2) is 8.73. The van der Waals surface area contributed by atoms with E-state index >= 15 is 0 Å². The molecule has 2 N–H and O–H groups in total. The molecule has 2 aliphatic rings. The minimum absolute atomic E-state index is 0.0329. The van der Waals surface area contributed by atoms with Gasteiger partial charge in [-0.05, 0) is 12.8 Å². The highest BCUT2D eigenvalue weighted by Crippen LogP contribution is 2.14. The lowest BCUT2D eigenvalue weighted by Gasteiger charge is -2.35. The molecular formula is C17H27N5O2S. The van der Waals surface area contributed by atoms with Gasteiger partial charge in [0, 0.05) is 51.2 Å². The zero-order chi connectivity index (χ0) is 17.6. The number of carbonyl (C=O) groups excluding carboxylic acids is 2. The molecule has 0 unspecified atom stereocenters. The quantitative estimate of drug-likeness (QED) is 0.852. The third-order valence-corrected chi connectivity index (χ3v) is 5.79. The second-order valence-corrected chi connectivity index (χ2v) is 7.64. The van der Waals surface area contributed by atoms with E-state index in [4.69, 9.17) is 5.73 Å². The van der Waals surface area contributed by atoms with E-state index in [0.29, 0.717) is 31.9 Å². The summed E-state index contributed by atoms with van der Waals surface area (Å²) in [7, 11) is 0. The number of nitrogens with zero attached hydrogens (tertiary/aromatic N) is 4. The number of hydrogen-bond donors (Lipinski definition) is 1. The Bertz CT molecular complexity index is 590. The number of piperazine rings is 1. The van der Waals surface area contributed by atoms with Crippen LogP contribution in [0.25, 0.3) is 0 Å². The molecule has 7 nitrogen and oxygen atoms in total. The zero-order valence-electron chi connectivity index (χ0n) is 14.7. The molecule has 2 saturated heterocycles. The maximum atomic E-state index is 12.5. The second-order valence-electron chi connectivity index (χ2n) is 6.69. The van der Waals surface area contributed by atoms with Crippen LogP contribution in [0.15, 0.2) is 5.38 Å². The predicted molar refractivity (Wildman–Crippen MR) is 97.4 cm³/mol. The van der Waals surface area contributed by atoms with Crippen molar-refractivity contribution in [3.05, 3.63) is 16.1 Å². The van der Waals surface area contributed by atoms with Gasteiger partial charge in [0.2, 0.25) is 5.91 Å². The van der Waals surface area contributed by atoms with Crippen molar-refractivity contribution < 1.29 is 9.59 Å². The maximum Gasteiger partial charge on any atom is 0.273 e. The van der Waals surface area contributed by atoms with Crippen molar-refractivity contribution in [2.45, 2.75) is 32.2 Å². The smallest absolute Gasteiger partial charge is 0.273 e. The van der Waals surface area contributed by atoms with Gasteiger partial charge >= 0.3 is 0 Å². The van der Waals surface area contributed by atoms with E-state index in [1.807, 2.05) is 9.80 Å². The molecule has 0 bridgehead atoms. The Morgan fingerprint density at radius 2 is 1.68 bits per heavy atom. The average Bonchev–Trinajstić information content (AvgIpc) is 2.95. The van der Waals surface area contributed by atoms with Gasteiger partial charge in [0.1, 0.15) is 10.7 Å². The third kappa shape index (κ3) is 4.77. The Hall–Kier alpha value is -1.51. The molecule has 3 heterocycles. The number of hydrogen-bond acceptors (Lipinski definition) is 6. The number of amides is 2. The predicted octanol–water partition coefficient (Wildman–Crippen LogP) is 0.762. The van der Waals surface area contributed by atoms with E-state index in [0.717, 1.165) is 44.0 Å². The molecule has 8 heteroatoms. The molecule has 0 saturated carbocycles. The first-order valence-corrected chi connectivity index (χ1v) is 9.99. The van der Waals surface area contributed by atoms with Gasteiger partial charge in [-0.2, -0.15) is 0 Å². The Morgan fingerprint density at radius 3 is 2.28 bits per heavy atom. The summed E-state index contributed by atoms with van der Waals surface area (Å²) in [6.45, 7) is 5.37. The van der Waals surface area contributed by atoms with Crippen LogP contribution in [-0.4, -0.2) is 77.3 Å². The van der Waals surface area contributed by atoms with Gasteiger partial charge in [0.25, 0.3) is 5.91 Å². The van der Waals surface area contributed by atoms with Crippen LogP contribution in [0.4, 0.5) is 0 Å². The molecule has 0 aromatic carbocycles. The summed E-state index contributed by atoms with van der Waals surface area (Å²) in [4.78, 5) is 35.2. The zero-order valence-corrected chi connectivity index (χ0v) is 15.5.